The Morgan fingerprint density at radius 1 is 1.27 bits per heavy atom. The molecule has 0 bridgehead atoms. The van der Waals surface area contributed by atoms with E-state index in [2.05, 4.69) is 10.3 Å². The van der Waals surface area contributed by atoms with Gasteiger partial charge in [0.1, 0.15) is 9.88 Å². The molecule has 22 heavy (non-hydrogen) atoms. The number of nitrogens with zero attached hydrogens (tertiary/aromatic N) is 1. The van der Waals surface area contributed by atoms with Crippen molar-refractivity contribution in [2.75, 3.05) is 0 Å². The van der Waals surface area contributed by atoms with E-state index in [-0.39, 0.29) is 12.3 Å². The van der Waals surface area contributed by atoms with Crippen molar-refractivity contribution in [3.8, 4) is 10.6 Å². The molecule has 2 N–H and O–H groups in total. The van der Waals surface area contributed by atoms with E-state index in [0.717, 1.165) is 10.6 Å². The molecule has 0 unspecified atom stereocenters. The van der Waals surface area contributed by atoms with Gasteiger partial charge in [-0.05, 0) is 20.3 Å². The van der Waals surface area contributed by atoms with Gasteiger partial charge in [-0.2, -0.15) is 0 Å². The zero-order valence-electron chi connectivity index (χ0n) is 12.5. The number of carbonyl (C=O) groups is 2. The molecule has 0 aliphatic heterocycles. The van der Waals surface area contributed by atoms with Gasteiger partial charge in [0.05, 0.1) is 6.20 Å². The summed E-state index contributed by atoms with van der Waals surface area (Å²) in [5, 5.41) is 12.4. The van der Waals surface area contributed by atoms with Gasteiger partial charge < -0.3 is 10.4 Å². The molecular weight excluding hydrogens is 300 g/mol. The lowest BCUT2D eigenvalue weighted by Crippen LogP contribution is -2.43. The third kappa shape index (κ3) is 4.39. The first-order chi connectivity index (χ1) is 10.4. The van der Waals surface area contributed by atoms with E-state index in [1.54, 1.807) is 6.20 Å². The summed E-state index contributed by atoms with van der Waals surface area (Å²) in [6.45, 7) is 3.62. The topological polar surface area (TPSA) is 79.3 Å². The minimum atomic E-state index is -0.869. The van der Waals surface area contributed by atoms with Crippen LogP contribution in [0.2, 0.25) is 0 Å². The summed E-state index contributed by atoms with van der Waals surface area (Å²) in [6, 6.07) is 9.65. The van der Waals surface area contributed by atoms with Crippen LogP contribution in [-0.2, 0) is 4.79 Å². The van der Waals surface area contributed by atoms with Crippen LogP contribution in [0.25, 0.3) is 10.6 Å². The molecule has 6 heteroatoms. The number of benzene rings is 1. The number of hydrogen-bond acceptors (Lipinski definition) is 4. The van der Waals surface area contributed by atoms with Crippen LogP contribution in [0.1, 0.15) is 36.4 Å². The van der Waals surface area contributed by atoms with E-state index in [0.29, 0.717) is 11.3 Å². The molecule has 0 spiro atoms. The standard InChI is InChI=1S/C16H18N2O3S/c1-16(2,9-8-13(19)20)18-14(21)12-10-17-15(22-12)11-6-4-3-5-7-11/h3-7,10H,8-9H2,1-2H3,(H,18,21)(H,19,20). The van der Waals surface area contributed by atoms with E-state index in [1.807, 2.05) is 44.2 Å². The zero-order valence-corrected chi connectivity index (χ0v) is 13.3. The molecule has 0 atom stereocenters. The minimum absolute atomic E-state index is 0.0191. The normalized spacial score (nSPS) is 11.2. The summed E-state index contributed by atoms with van der Waals surface area (Å²) in [5.41, 5.74) is 0.392. The van der Waals surface area contributed by atoms with Crippen LogP contribution in [0, 0.1) is 0 Å². The highest BCUT2D eigenvalue weighted by Gasteiger charge is 2.23. The van der Waals surface area contributed by atoms with E-state index in [9.17, 15) is 9.59 Å². The lowest BCUT2D eigenvalue weighted by atomic mass is 9.98. The SMILES string of the molecule is CC(C)(CCC(=O)O)NC(=O)c1cnc(-c2ccccc2)s1. The maximum absolute atomic E-state index is 12.3. The summed E-state index contributed by atoms with van der Waals surface area (Å²) < 4.78 is 0. The first-order valence-electron chi connectivity index (χ1n) is 6.93. The van der Waals surface area contributed by atoms with Gasteiger partial charge in [0.2, 0.25) is 0 Å². The van der Waals surface area contributed by atoms with Gasteiger partial charge in [-0.25, -0.2) is 4.98 Å². The summed E-state index contributed by atoms with van der Waals surface area (Å²) >= 11 is 1.32. The molecule has 5 nitrogen and oxygen atoms in total. The molecule has 2 rings (SSSR count). The molecule has 1 aromatic carbocycles. The minimum Gasteiger partial charge on any atom is -0.481 e. The van der Waals surface area contributed by atoms with Gasteiger partial charge in [-0.3, -0.25) is 9.59 Å². The lowest BCUT2D eigenvalue weighted by Gasteiger charge is -2.25. The van der Waals surface area contributed by atoms with Crippen molar-refractivity contribution in [3.05, 3.63) is 41.4 Å². The van der Waals surface area contributed by atoms with Crippen molar-refractivity contribution in [2.45, 2.75) is 32.2 Å². The Hall–Kier alpha value is -2.21. The first kappa shape index (κ1) is 16.2. The molecule has 1 amide bonds. The monoisotopic (exact) mass is 318 g/mol. The van der Waals surface area contributed by atoms with Crippen molar-refractivity contribution >= 4 is 23.2 Å². The van der Waals surface area contributed by atoms with Crippen molar-refractivity contribution in [3.63, 3.8) is 0 Å². The highest BCUT2D eigenvalue weighted by atomic mass is 32.1. The molecule has 1 heterocycles. The highest BCUT2D eigenvalue weighted by Crippen LogP contribution is 2.25. The summed E-state index contributed by atoms with van der Waals surface area (Å²) in [7, 11) is 0. The van der Waals surface area contributed by atoms with Crippen LogP contribution in [0.4, 0.5) is 0 Å². The van der Waals surface area contributed by atoms with E-state index < -0.39 is 11.5 Å². The van der Waals surface area contributed by atoms with Gasteiger partial charge in [0.15, 0.2) is 0 Å². The van der Waals surface area contributed by atoms with E-state index in [1.165, 1.54) is 11.3 Å². The fourth-order valence-corrected chi connectivity index (χ4v) is 2.76. The predicted octanol–water partition coefficient (Wildman–Crippen LogP) is 3.18. The van der Waals surface area contributed by atoms with Crippen molar-refractivity contribution in [1.82, 2.24) is 10.3 Å². The number of carbonyl (C=O) groups excluding carboxylic acids is 1. The second kappa shape index (κ2) is 6.70. The molecular formula is C16H18N2O3S. The van der Waals surface area contributed by atoms with Crippen LogP contribution in [0.3, 0.4) is 0 Å². The van der Waals surface area contributed by atoms with E-state index in [4.69, 9.17) is 5.11 Å². The van der Waals surface area contributed by atoms with Gasteiger partial charge in [0.25, 0.3) is 5.91 Å². The maximum atomic E-state index is 12.3. The summed E-state index contributed by atoms with van der Waals surface area (Å²) in [5.74, 6) is -1.10. The molecule has 0 aliphatic carbocycles. The number of hydrogen-bond donors (Lipinski definition) is 2. The molecule has 0 saturated carbocycles. The lowest BCUT2D eigenvalue weighted by molar-refractivity contribution is -0.137. The highest BCUT2D eigenvalue weighted by molar-refractivity contribution is 7.16. The second-order valence-electron chi connectivity index (χ2n) is 5.63. The Morgan fingerprint density at radius 3 is 2.59 bits per heavy atom. The number of aromatic nitrogens is 1. The number of rotatable bonds is 6. The quantitative estimate of drug-likeness (QED) is 0.857. The zero-order chi connectivity index (χ0) is 16.2. The number of carboxylic acid groups (broad SMARTS) is 1. The summed E-state index contributed by atoms with van der Waals surface area (Å²) in [6.07, 6.45) is 1.94. The number of thiazole rings is 1. The molecule has 0 saturated heterocycles. The Bertz CT molecular complexity index is 665. The van der Waals surface area contributed by atoms with Crippen LogP contribution < -0.4 is 5.32 Å². The predicted molar refractivity (Wildman–Crippen MR) is 86.0 cm³/mol. The average molecular weight is 318 g/mol. The van der Waals surface area contributed by atoms with Gasteiger partial charge in [-0.1, -0.05) is 30.3 Å². The first-order valence-corrected chi connectivity index (χ1v) is 7.74. The molecule has 0 aliphatic rings. The molecule has 2 aromatic rings. The number of nitrogens with one attached hydrogen (secondary N) is 1. The van der Waals surface area contributed by atoms with Crippen molar-refractivity contribution in [2.24, 2.45) is 0 Å². The number of carboxylic acids is 1. The number of aliphatic carboxylic acids is 1. The van der Waals surface area contributed by atoms with Crippen molar-refractivity contribution < 1.29 is 14.7 Å². The number of amides is 1. The van der Waals surface area contributed by atoms with Crippen LogP contribution in [0.15, 0.2) is 36.5 Å². The second-order valence-corrected chi connectivity index (χ2v) is 6.66. The maximum Gasteiger partial charge on any atom is 0.303 e. The van der Waals surface area contributed by atoms with Crippen LogP contribution >= 0.6 is 11.3 Å². The molecule has 1 aromatic heterocycles. The Kier molecular flexibility index (Phi) is 4.92. The van der Waals surface area contributed by atoms with Crippen molar-refractivity contribution in [1.29, 1.82) is 0 Å². The third-order valence-corrected chi connectivity index (χ3v) is 4.21. The van der Waals surface area contributed by atoms with Crippen LogP contribution in [0.5, 0.6) is 0 Å². The third-order valence-electron chi connectivity index (χ3n) is 3.17. The van der Waals surface area contributed by atoms with Gasteiger partial charge >= 0.3 is 5.97 Å². The van der Waals surface area contributed by atoms with Gasteiger partial charge in [0, 0.05) is 17.5 Å². The largest absolute Gasteiger partial charge is 0.481 e. The fourth-order valence-electron chi connectivity index (χ4n) is 1.94. The summed E-state index contributed by atoms with van der Waals surface area (Å²) in [4.78, 5) is 27.7. The Labute approximate surface area is 133 Å². The molecule has 116 valence electrons. The smallest absolute Gasteiger partial charge is 0.303 e. The fraction of sp³-hybridized carbons (Fsp3) is 0.312. The molecule has 0 fully saturated rings. The molecule has 0 radical (unpaired) electrons. The Morgan fingerprint density at radius 2 is 1.95 bits per heavy atom. The van der Waals surface area contributed by atoms with Crippen LogP contribution in [-0.4, -0.2) is 27.5 Å². The Balaban J connectivity index is 2.04. The van der Waals surface area contributed by atoms with E-state index >= 15 is 0 Å². The average Bonchev–Trinajstić information content (AvgIpc) is 2.96. The van der Waals surface area contributed by atoms with Gasteiger partial charge in [-0.15, -0.1) is 11.3 Å².